The van der Waals surface area contributed by atoms with E-state index < -0.39 is 0 Å². The average molecular weight is 354 g/mol. The van der Waals surface area contributed by atoms with Crippen LogP contribution in [0.4, 0.5) is 0 Å². The molecule has 4 aliphatic carbocycles. The van der Waals surface area contributed by atoms with Gasteiger partial charge < -0.3 is 4.74 Å². The Balaban J connectivity index is 1.42. The lowest BCUT2D eigenvalue weighted by Crippen LogP contribution is -2.49. The molecule has 0 atom stereocenters. The molecule has 4 heteroatoms. The Kier molecular flexibility index (Phi) is 4.54. The summed E-state index contributed by atoms with van der Waals surface area (Å²) in [7, 11) is 0. The molecule has 4 fully saturated rings. The quantitative estimate of drug-likeness (QED) is 0.610. The molecule has 5 rings (SSSR count). The number of ether oxygens (including phenoxy) is 1. The highest BCUT2D eigenvalue weighted by atomic mass is 16.5. The first-order valence-electron chi connectivity index (χ1n) is 10.1. The second kappa shape index (κ2) is 6.71. The maximum atomic E-state index is 12.5. The zero-order valence-electron chi connectivity index (χ0n) is 16.1. The minimum absolute atomic E-state index is 0.127. The number of amides is 1. The van der Waals surface area contributed by atoms with Crippen LogP contribution in [0.1, 0.15) is 69.7 Å². The lowest BCUT2D eigenvalue weighted by molar-refractivity contribution is -0.0128. The molecule has 4 bridgehead atoms. The van der Waals surface area contributed by atoms with Gasteiger partial charge in [-0.3, -0.25) is 4.79 Å². The van der Waals surface area contributed by atoms with Crippen LogP contribution in [0.2, 0.25) is 0 Å². The molecule has 26 heavy (non-hydrogen) atoms. The number of hydrogen-bond donors (Lipinski definition) is 1. The number of hydrazone groups is 1. The van der Waals surface area contributed by atoms with Crippen LogP contribution in [0.25, 0.3) is 0 Å². The third-order valence-corrected chi connectivity index (χ3v) is 6.62. The third-order valence-electron chi connectivity index (χ3n) is 6.62. The van der Waals surface area contributed by atoms with Crippen LogP contribution in [0, 0.1) is 23.2 Å². The standard InChI is InChI=1S/C22H30N2O2/c1-14(2)26-20-6-4-19(5-7-20)21(25)24-23-15(3)22-11-16-8-17(12-22)10-18(9-16)13-22/h4-7,14,16-18H,8-13H2,1-3H3,(H,24,25)/b23-15-. The van der Waals surface area contributed by atoms with Crippen molar-refractivity contribution >= 4 is 11.6 Å². The normalized spacial score (nSPS) is 32.8. The number of nitrogens with zero attached hydrogens (tertiary/aromatic N) is 1. The van der Waals surface area contributed by atoms with Crippen LogP contribution in [0.3, 0.4) is 0 Å². The van der Waals surface area contributed by atoms with E-state index in [1.54, 1.807) is 12.1 Å². The Hall–Kier alpha value is -1.84. The molecule has 4 nitrogen and oxygen atoms in total. The van der Waals surface area contributed by atoms with Crippen molar-refractivity contribution in [2.24, 2.45) is 28.3 Å². The fraction of sp³-hybridized carbons (Fsp3) is 0.636. The molecule has 1 aromatic carbocycles. The van der Waals surface area contributed by atoms with Crippen LogP contribution in [0.15, 0.2) is 29.4 Å². The van der Waals surface area contributed by atoms with Crippen molar-refractivity contribution < 1.29 is 9.53 Å². The van der Waals surface area contributed by atoms with Gasteiger partial charge in [0.1, 0.15) is 5.75 Å². The Morgan fingerprint density at radius 1 is 1.08 bits per heavy atom. The number of benzene rings is 1. The van der Waals surface area contributed by atoms with Crippen molar-refractivity contribution in [2.75, 3.05) is 0 Å². The molecule has 0 aromatic heterocycles. The van der Waals surface area contributed by atoms with Crippen molar-refractivity contribution in [1.29, 1.82) is 0 Å². The Labute approximate surface area is 156 Å². The first kappa shape index (κ1) is 17.6. The SMILES string of the molecule is C/C(=N/NC(=O)c1ccc(OC(C)C)cc1)C12CC3CC(CC(C3)C1)C2. The van der Waals surface area contributed by atoms with Crippen molar-refractivity contribution in [3.8, 4) is 5.75 Å². The molecular formula is C22H30N2O2. The third kappa shape index (κ3) is 3.38. The summed E-state index contributed by atoms with van der Waals surface area (Å²) >= 11 is 0. The smallest absolute Gasteiger partial charge is 0.271 e. The van der Waals surface area contributed by atoms with Gasteiger partial charge in [0, 0.05) is 16.7 Å². The lowest BCUT2D eigenvalue weighted by atomic mass is 9.48. The molecule has 0 heterocycles. The molecule has 4 aliphatic rings. The van der Waals surface area contributed by atoms with Crippen molar-refractivity contribution in [3.63, 3.8) is 0 Å². The van der Waals surface area contributed by atoms with E-state index in [2.05, 4.69) is 17.5 Å². The van der Waals surface area contributed by atoms with Crippen molar-refractivity contribution in [1.82, 2.24) is 5.43 Å². The van der Waals surface area contributed by atoms with E-state index in [4.69, 9.17) is 4.74 Å². The Morgan fingerprint density at radius 2 is 1.62 bits per heavy atom. The molecule has 140 valence electrons. The minimum atomic E-state index is -0.148. The van der Waals surface area contributed by atoms with Gasteiger partial charge >= 0.3 is 0 Å². The van der Waals surface area contributed by atoms with E-state index >= 15 is 0 Å². The molecule has 0 spiro atoms. The van der Waals surface area contributed by atoms with Crippen molar-refractivity contribution in [3.05, 3.63) is 29.8 Å². The minimum Gasteiger partial charge on any atom is -0.491 e. The largest absolute Gasteiger partial charge is 0.491 e. The van der Waals surface area contributed by atoms with Gasteiger partial charge in [0.2, 0.25) is 0 Å². The highest BCUT2D eigenvalue weighted by Gasteiger charge is 2.52. The topological polar surface area (TPSA) is 50.7 Å². The van der Waals surface area contributed by atoms with Gasteiger partial charge in [-0.2, -0.15) is 5.10 Å². The number of carbonyl (C=O) groups is 1. The monoisotopic (exact) mass is 354 g/mol. The number of hydrogen-bond acceptors (Lipinski definition) is 3. The van der Waals surface area contributed by atoms with Crippen LogP contribution in [0.5, 0.6) is 5.75 Å². The van der Waals surface area contributed by atoms with Crippen LogP contribution >= 0.6 is 0 Å². The van der Waals surface area contributed by atoms with Gasteiger partial charge in [0.15, 0.2) is 0 Å². The molecule has 0 saturated heterocycles. The van der Waals surface area contributed by atoms with Crippen LogP contribution < -0.4 is 10.2 Å². The molecule has 1 N–H and O–H groups in total. The van der Waals surface area contributed by atoms with E-state index in [-0.39, 0.29) is 17.4 Å². The summed E-state index contributed by atoms with van der Waals surface area (Å²) in [6.07, 6.45) is 8.20. The second-order valence-electron chi connectivity index (χ2n) is 9.03. The van der Waals surface area contributed by atoms with E-state index in [1.807, 2.05) is 26.0 Å². The molecule has 0 aliphatic heterocycles. The van der Waals surface area contributed by atoms with Crippen LogP contribution in [-0.4, -0.2) is 17.7 Å². The number of carbonyl (C=O) groups excluding carboxylic acids is 1. The molecule has 4 saturated carbocycles. The maximum Gasteiger partial charge on any atom is 0.271 e. The summed E-state index contributed by atoms with van der Waals surface area (Å²) in [4.78, 5) is 12.5. The Morgan fingerprint density at radius 3 is 2.12 bits per heavy atom. The lowest BCUT2D eigenvalue weighted by Gasteiger charge is -2.56. The summed E-state index contributed by atoms with van der Waals surface area (Å²) in [5, 5.41) is 4.55. The van der Waals surface area contributed by atoms with E-state index in [0.717, 1.165) is 29.2 Å². The fourth-order valence-electron chi connectivity index (χ4n) is 5.83. The van der Waals surface area contributed by atoms with Gasteiger partial charge in [-0.15, -0.1) is 0 Å². The van der Waals surface area contributed by atoms with Gasteiger partial charge in [-0.1, -0.05) is 0 Å². The number of rotatable bonds is 5. The van der Waals surface area contributed by atoms with Gasteiger partial charge in [0.05, 0.1) is 6.10 Å². The average Bonchev–Trinajstić information content (AvgIpc) is 2.58. The fourth-order valence-corrected chi connectivity index (χ4v) is 5.83. The summed E-state index contributed by atoms with van der Waals surface area (Å²) in [6.45, 7) is 6.10. The van der Waals surface area contributed by atoms with E-state index in [1.165, 1.54) is 38.5 Å². The van der Waals surface area contributed by atoms with Gasteiger partial charge in [-0.25, -0.2) is 5.43 Å². The molecule has 0 unspecified atom stereocenters. The first-order chi connectivity index (χ1) is 12.4. The summed E-state index contributed by atoms with van der Waals surface area (Å²) in [6, 6.07) is 7.26. The molecule has 0 radical (unpaired) electrons. The maximum absolute atomic E-state index is 12.5. The Bertz CT molecular complexity index is 670. The molecular weight excluding hydrogens is 324 g/mol. The van der Waals surface area contributed by atoms with Crippen LogP contribution in [-0.2, 0) is 0 Å². The first-order valence-corrected chi connectivity index (χ1v) is 10.1. The summed E-state index contributed by atoms with van der Waals surface area (Å²) in [5.74, 6) is 3.29. The van der Waals surface area contributed by atoms with Gasteiger partial charge in [0.25, 0.3) is 5.91 Å². The zero-order chi connectivity index (χ0) is 18.3. The van der Waals surface area contributed by atoms with Gasteiger partial charge in [-0.05, 0) is 101 Å². The predicted octanol–water partition coefficient (Wildman–Crippen LogP) is 4.80. The zero-order valence-corrected chi connectivity index (χ0v) is 16.1. The highest BCUT2D eigenvalue weighted by Crippen LogP contribution is 2.60. The van der Waals surface area contributed by atoms with Crippen molar-refractivity contribution in [2.45, 2.75) is 65.4 Å². The van der Waals surface area contributed by atoms with E-state index in [0.29, 0.717) is 5.56 Å². The summed E-state index contributed by atoms with van der Waals surface area (Å²) < 4.78 is 5.63. The highest BCUT2D eigenvalue weighted by molar-refractivity contribution is 5.96. The summed E-state index contributed by atoms with van der Waals surface area (Å²) in [5.41, 5.74) is 4.78. The number of nitrogens with one attached hydrogen (secondary N) is 1. The van der Waals surface area contributed by atoms with E-state index in [9.17, 15) is 4.79 Å². The second-order valence-corrected chi connectivity index (χ2v) is 9.03. The predicted molar refractivity (Wildman–Crippen MR) is 103 cm³/mol. The molecule has 1 amide bonds. The molecule has 1 aromatic rings.